The highest BCUT2D eigenvalue weighted by molar-refractivity contribution is 5.71. The van der Waals surface area contributed by atoms with E-state index in [4.69, 9.17) is 9.84 Å². The summed E-state index contributed by atoms with van der Waals surface area (Å²) < 4.78 is 6.74. The summed E-state index contributed by atoms with van der Waals surface area (Å²) >= 11 is 0. The van der Waals surface area contributed by atoms with Crippen LogP contribution in [-0.2, 0) is 22.7 Å². The average molecular weight is 228 g/mol. The number of carboxylic acid groups (broad SMARTS) is 1. The number of rotatable bonds is 7. The van der Waals surface area contributed by atoms with Gasteiger partial charge < -0.3 is 9.84 Å². The molecule has 0 aliphatic carbocycles. The molecule has 0 spiro atoms. The zero-order valence-electron chi connectivity index (χ0n) is 9.46. The molecule has 0 aliphatic rings. The first kappa shape index (κ1) is 12.6. The lowest BCUT2D eigenvalue weighted by molar-refractivity contribution is -0.150. The fourth-order valence-corrected chi connectivity index (χ4v) is 1.08. The highest BCUT2D eigenvalue weighted by Crippen LogP contribution is 2.01. The number of aromatic nitrogens is 4. The normalized spacial score (nSPS) is 12.6. The first-order chi connectivity index (χ1) is 7.65. The number of aryl methyl sites for hydroxylation is 1. The molecule has 0 radical (unpaired) electrons. The van der Waals surface area contributed by atoms with Gasteiger partial charge in [-0.25, -0.2) is 9.48 Å². The summed E-state index contributed by atoms with van der Waals surface area (Å²) in [6.45, 7) is 4.39. The zero-order valence-corrected chi connectivity index (χ0v) is 9.46. The molecule has 90 valence electrons. The molecular formula is C9H16N4O3. The van der Waals surface area contributed by atoms with E-state index in [0.717, 1.165) is 19.4 Å². The molecular weight excluding hydrogens is 212 g/mol. The Hall–Kier alpha value is -1.50. The number of unbranched alkanes of at least 4 members (excludes halogenated alkanes) is 1. The van der Waals surface area contributed by atoms with E-state index < -0.39 is 12.1 Å². The average Bonchev–Trinajstić information content (AvgIpc) is 2.70. The van der Waals surface area contributed by atoms with Crippen molar-refractivity contribution in [3.05, 3.63) is 5.82 Å². The molecule has 0 amide bonds. The van der Waals surface area contributed by atoms with Crippen molar-refractivity contribution < 1.29 is 14.6 Å². The van der Waals surface area contributed by atoms with Crippen molar-refractivity contribution >= 4 is 5.97 Å². The summed E-state index contributed by atoms with van der Waals surface area (Å²) in [5, 5.41) is 19.8. The summed E-state index contributed by atoms with van der Waals surface area (Å²) in [5.41, 5.74) is 0. The first-order valence-corrected chi connectivity index (χ1v) is 5.24. The minimum Gasteiger partial charge on any atom is -0.479 e. The zero-order chi connectivity index (χ0) is 12.0. The third-order valence-electron chi connectivity index (χ3n) is 2.14. The van der Waals surface area contributed by atoms with E-state index in [1.807, 2.05) is 0 Å². The van der Waals surface area contributed by atoms with Crippen LogP contribution in [0.25, 0.3) is 0 Å². The second-order valence-corrected chi connectivity index (χ2v) is 3.46. The number of carboxylic acids is 1. The second-order valence-electron chi connectivity index (χ2n) is 3.46. The monoisotopic (exact) mass is 228 g/mol. The molecule has 1 N–H and O–H groups in total. The molecule has 0 aromatic carbocycles. The Kier molecular flexibility index (Phi) is 4.84. The van der Waals surface area contributed by atoms with Gasteiger partial charge in [0.05, 0.1) is 0 Å². The number of aliphatic carboxylic acids is 1. The number of hydrogen-bond acceptors (Lipinski definition) is 5. The molecule has 0 fully saturated rings. The molecule has 0 aliphatic heterocycles. The standard InChI is InChI=1S/C9H16N4O3/c1-3-4-5-13-8(10-11-12-13)6-16-7(2)9(14)15/h7H,3-6H2,1-2H3,(H,14,15)/t7-/m1/s1. The Bertz CT molecular complexity index is 339. The molecule has 0 unspecified atom stereocenters. The molecule has 1 heterocycles. The van der Waals surface area contributed by atoms with Crippen molar-refractivity contribution in [1.29, 1.82) is 0 Å². The van der Waals surface area contributed by atoms with Crippen molar-refractivity contribution in [3.8, 4) is 0 Å². The van der Waals surface area contributed by atoms with Crippen molar-refractivity contribution in [2.24, 2.45) is 0 Å². The fourth-order valence-electron chi connectivity index (χ4n) is 1.08. The predicted octanol–water partition coefficient (Wildman–Crippen LogP) is 0.463. The van der Waals surface area contributed by atoms with Gasteiger partial charge in [-0.1, -0.05) is 13.3 Å². The van der Waals surface area contributed by atoms with E-state index in [-0.39, 0.29) is 6.61 Å². The molecule has 7 heteroatoms. The summed E-state index contributed by atoms with van der Waals surface area (Å²) in [6, 6.07) is 0. The van der Waals surface area contributed by atoms with Crippen molar-refractivity contribution in [1.82, 2.24) is 20.2 Å². The van der Waals surface area contributed by atoms with Crippen LogP contribution >= 0.6 is 0 Å². The van der Waals surface area contributed by atoms with Crippen molar-refractivity contribution in [2.45, 2.75) is 45.9 Å². The maximum Gasteiger partial charge on any atom is 0.332 e. The number of nitrogens with zero attached hydrogens (tertiary/aromatic N) is 4. The summed E-state index contributed by atoms with van der Waals surface area (Å²) in [5.74, 6) is -0.436. The topological polar surface area (TPSA) is 90.1 Å². The van der Waals surface area contributed by atoms with Crippen LogP contribution in [-0.4, -0.2) is 37.4 Å². The van der Waals surface area contributed by atoms with Crippen LogP contribution in [0, 0.1) is 0 Å². The lowest BCUT2D eigenvalue weighted by Gasteiger charge is -2.08. The summed E-state index contributed by atoms with van der Waals surface area (Å²) in [7, 11) is 0. The second kappa shape index (κ2) is 6.16. The lowest BCUT2D eigenvalue weighted by atomic mass is 10.3. The Morgan fingerprint density at radius 2 is 2.38 bits per heavy atom. The van der Waals surface area contributed by atoms with Gasteiger partial charge in [0.25, 0.3) is 0 Å². The van der Waals surface area contributed by atoms with E-state index in [0.29, 0.717) is 5.82 Å². The Morgan fingerprint density at radius 3 is 3.00 bits per heavy atom. The number of carbonyl (C=O) groups is 1. The van der Waals surface area contributed by atoms with E-state index in [9.17, 15) is 4.79 Å². The Balaban J connectivity index is 2.47. The third-order valence-corrected chi connectivity index (χ3v) is 2.14. The van der Waals surface area contributed by atoms with Crippen LogP contribution in [0.5, 0.6) is 0 Å². The van der Waals surface area contributed by atoms with E-state index in [1.54, 1.807) is 4.68 Å². The molecule has 7 nitrogen and oxygen atoms in total. The van der Waals surface area contributed by atoms with Gasteiger partial charge in [-0.15, -0.1) is 5.10 Å². The Labute approximate surface area is 93.4 Å². The molecule has 0 saturated heterocycles. The van der Waals surface area contributed by atoms with Gasteiger partial charge in [-0.3, -0.25) is 0 Å². The quantitative estimate of drug-likeness (QED) is 0.729. The number of hydrogen-bond donors (Lipinski definition) is 1. The number of tetrazole rings is 1. The van der Waals surface area contributed by atoms with Gasteiger partial charge in [-0.05, 0) is 23.8 Å². The first-order valence-electron chi connectivity index (χ1n) is 5.24. The minimum absolute atomic E-state index is 0.115. The fraction of sp³-hybridized carbons (Fsp3) is 0.778. The highest BCUT2D eigenvalue weighted by atomic mass is 16.5. The largest absolute Gasteiger partial charge is 0.479 e. The predicted molar refractivity (Wildman–Crippen MR) is 54.6 cm³/mol. The smallest absolute Gasteiger partial charge is 0.332 e. The minimum atomic E-state index is -0.993. The van der Waals surface area contributed by atoms with Gasteiger partial charge in [0.1, 0.15) is 6.61 Å². The highest BCUT2D eigenvalue weighted by Gasteiger charge is 2.13. The molecule has 1 atom stereocenters. The van der Waals surface area contributed by atoms with E-state index in [1.165, 1.54) is 6.92 Å². The van der Waals surface area contributed by atoms with E-state index in [2.05, 4.69) is 22.4 Å². The molecule has 1 aromatic rings. The molecule has 1 aromatic heterocycles. The van der Waals surface area contributed by atoms with Gasteiger partial charge >= 0.3 is 5.97 Å². The Morgan fingerprint density at radius 1 is 1.62 bits per heavy atom. The molecule has 16 heavy (non-hydrogen) atoms. The van der Waals surface area contributed by atoms with Crippen LogP contribution < -0.4 is 0 Å². The summed E-state index contributed by atoms with van der Waals surface area (Å²) in [4.78, 5) is 10.5. The van der Waals surface area contributed by atoms with Crippen molar-refractivity contribution in [3.63, 3.8) is 0 Å². The maximum atomic E-state index is 10.5. The van der Waals surface area contributed by atoms with E-state index >= 15 is 0 Å². The van der Waals surface area contributed by atoms with Gasteiger partial charge in [0, 0.05) is 6.54 Å². The van der Waals surface area contributed by atoms with Crippen molar-refractivity contribution in [2.75, 3.05) is 0 Å². The summed E-state index contributed by atoms with van der Waals surface area (Å²) in [6.07, 6.45) is 1.18. The molecule has 0 bridgehead atoms. The van der Waals surface area contributed by atoms with Gasteiger partial charge in [-0.2, -0.15) is 0 Å². The molecule has 1 rings (SSSR count). The van der Waals surface area contributed by atoms with Gasteiger partial charge in [0.2, 0.25) is 0 Å². The SMILES string of the molecule is CCCCn1nnnc1CO[C@H](C)C(=O)O. The van der Waals surface area contributed by atoms with Gasteiger partial charge in [0.15, 0.2) is 11.9 Å². The third kappa shape index (κ3) is 3.58. The maximum absolute atomic E-state index is 10.5. The molecule has 0 saturated carbocycles. The lowest BCUT2D eigenvalue weighted by Crippen LogP contribution is -2.20. The van der Waals surface area contributed by atoms with Crippen LogP contribution in [0.3, 0.4) is 0 Å². The van der Waals surface area contributed by atoms with Crippen LogP contribution in [0.15, 0.2) is 0 Å². The van der Waals surface area contributed by atoms with Crippen LogP contribution in [0.2, 0.25) is 0 Å². The number of ether oxygens (including phenoxy) is 1. The van der Waals surface area contributed by atoms with Crippen LogP contribution in [0.1, 0.15) is 32.5 Å². The van der Waals surface area contributed by atoms with Crippen LogP contribution in [0.4, 0.5) is 0 Å².